The lowest BCUT2D eigenvalue weighted by atomic mass is 9.95. The fraction of sp³-hybridized carbons (Fsp3) is 0.281. The Labute approximate surface area is 251 Å². The Kier molecular flexibility index (Phi) is 8.20. The highest BCUT2D eigenvalue weighted by Crippen LogP contribution is 2.36. The topological polar surface area (TPSA) is 74.8 Å². The molecule has 0 radical (unpaired) electrons. The zero-order valence-electron chi connectivity index (χ0n) is 23.9. The van der Waals surface area contributed by atoms with Gasteiger partial charge in [0.2, 0.25) is 0 Å². The number of rotatable bonds is 7. The molecule has 0 spiro atoms. The molecule has 2 aromatic heterocycles. The Morgan fingerprint density at radius 2 is 1.83 bits per heavy atom. The van der Waals surface area contributed by atoms with Gasteiger partial charge in [0.25, 0.3) is 5.56 Å². The van der Waals surface area contributed by atoms with Crippen LogP contribution in [0.25, 0.3) is 11.8 Å². The van der Waals surface area contributed by atoms with E-state index in [0.29, 0.717) is 31.9 Å². The molecule has 0 bridgehead atoms. The number of hydrogen-bond donors (Lipinski definition) is 0. The van der Waals surface area contributed by atoms with E-state index in [9.17, 15) is 9.59 Å². The van der Waals surface area contributed by atoms with Crippen LogP contribution in [0, 0.1) is 13.8 Å². The lowest BCUT2D eigenvalue weighted by Crippen LogP contribution is -2.40. The van der Waals surface area contributed by atoms with E-state index in [4.69, 9.17) is 14.5 Å². The molecule has 1 aliphatic heterocycles. The molecule has 2 aromatic carbocycles. The Morgan fingerprint density at radius 1 is 1.12 bits per heavy atom. The maximum Gasteiger partial charge on any atom is 0.338 e. The fourth-order valence-electron chi connectivity index (χ4n) is 5.22. The summed E-state index contributed by atoms with van der Waals surface area (Å²) in [7, 11) is 0. The maximum atomic E-state index is 14.1. The summed E-state index contributed by atoms with van der Waals surface area (Å²) in [6, 6.07) is 17.0. The van der Waals surface area contributed by atoms with Crippen molar-refractivity contribution in [3.63, 3.8) is 0 Å². The maximum absolute atomic E-state index is 14.1. The Balaban J connectivity index is 1.71. The van der Waals surface area contributed by atoms with Crippen molar-refractivity contribution in [1.29, 1.82) is 0 Å². The highest BCUT2D eigenvalue weighted by Gasteiger charge is 2.35. The third-order valence-corrected chi connectivity index (χ3v) is 8.45. The quantitative estimate of drug-likeness (QED) is 0.243. The van der Waals surface area contributed by atoms with E-state index >= 15 is 0 Å². The second-order valence-electron chi connectivity index (χ2n) is 10.1. The number of ether oxygens (including phenoxy) is 2. The number of halogens is 1. The minimum Gasteiger partial charge on any atom is -0.491 e. The molecule has 41 heavy (non-hydrogen) atoms. The molecule has 5 rings (SSSR count). The second-order valence-corrected chi connectivity index (χ2v) is 12.1. The fourth-order valence-corrected chi connectivity index (χ4v) is 6.52. The van der Waals surface area contributed by atoms with E-state index in [-0.39, 0.29) is 18.3 Å². The molecular weight excluding hydrogens is 602 g/mol. The molecule has 0 aliphatic carbocycles. The lowest BCUT2D eigenvalue weighted by molar-refractivity contribution is -0.139. The number of carbonyl (C=O) groups is 1. The van der Waals surface area contributed by atoms with Gasteiger partial charge >= 0.3 is 5.97 Å². The first kappa shape index (κ1) is 28.8. The summed E-state index contributed by atoms with van der Waals surface area (Å²) in [4.78, 5) is 32.6. The highest BCUT2D eigenvalue weighted by atomic mass is 79.9. The molecule has 212 valence electrons. The minimum absolute atomic E-state index is 0.0934. The van der Waals surface area contributed by atoms with E-state index in [1.54, 1.807) is 18.4 Å². The zero-order valence-corrected chi connectivity index (χ0v) is 26.3. The first-order valence-corrected chi connectivity index (χ1v) is 15.1. The van der Waals surface area contributed by atoms with E-state index in [1.807, 2.05) is 63.2 Å². The zero-order chi connectivity index (χ0) is 29.4. The van der Waals surface area contributed by atoms with Crippen LogP contribution in [0.3, 0.4) is 0 Å². The molecule has 3 heterocycles. The van der Waals surface area contributed by atoms with Crippen LogP contribution in [-0.4, -0.2) is 27.8 Å². The summed E-state index contributed by atoms with van der Waals surface area (Å²) < 4.78 is 16.9. The van der Waals surface area contributed by atoms with E-state index in [0.717, 1.165) is 27.1 Å². The summed E-state index contributed by atoms with van der Waals surface area (Å²) in [5, 5.41) is 0. The van der Waals surface area contributed by atoms with Gasteiger partial charge in [0.05, 0.1) is 28.5 Å². The molecule has 4 aromatic rings. The van der Waals surface area contributed by atoms with Gasteiger partial charge < -0.3 is 14.0 Å². The minimum atomic E-state index is -0.738. The summed E-state index contributed by atoms with van der Waals surface area (Å²) >= 11 is 4.82. The van der Waals surface area contributed by atoms with Crippen molar-refractivity contribution >= 4 is 39.3 Å². The molecular formula is C32H32BrN3O4S. The molecule has 1 atom stereocenters. The average Bonchev–Trinajstić information content (AvgIpc) is 3.38. The van der Waals surface area contributed by atoms with Crippen LogP contribution in [0.4, 0.5) is 0 Å². The molecule has 7 nitrogen and oxygen atoms in total. The van der Waals surface area contributed by atoms with E-state index in [2.05, 4.69) is 45.6 Å². The van der Waals surface area contributed by atoms with Gasteiger partial charge in [-0.3, -0.25) is 9.36 Å². The SMILES string of the molecule is CCOC(=O)C1=C(C)N=c2s/c(=C\c3cc(C)n(-c4ccc(Br)cc4)c3C)c(=O)n2[C@H]1c1ccccc1OC(C)C. The largest absolute Gasteiger partial charge is 0.491 e. The third-order valence-electron chi connectivity index (χ3n) is 6.94. The van der Waals surface area contributed by atoms with Crippen molar-refractivity contribution in [3.05, 3.63) is 113 Å². The lowest BCUT2D eigenvalue weighted by Gasteiger charge is -2.26. The number of benzene rings is 2. The van der Waals surface area contributed by atoms with Crippen LogP contribution in [-0.2, 0) is 9.53 Å². The van der Waals surface area contributed by atoms with Crippen LogP contribution in [0.5, 0.6) is 5.75 Å². The number of hydrogen-bond acceptors (Lipinski definition) is 6. The van der Waals surface area contributed by atoms with Crippen molar-refractivity contribution in [2.75, 3.05) is 6.61 Å². The van der Waals surface area contributed by atoms with Crippen molar-refractivity contribution in [2.45, 2.75) is 53.7 Å². The first-order chi connectivity index (χ1) is 19.6. The molecule has 0 saturated carbocycles. The van der Waals surface area contributed by atoms with Crippen LogP contribution < -0.4 is 19.6 Å². The van der Waals surface area contributed by atoms with Crippen molar-refractivity contribution in [2.24, 2.45) is 4.99 Å². The number of allylic oxidation sites excluding steroid dienone is 1. The van der Waals surface area contributed by atoms with Gasteiger partial charge in [-0.25, -0.2) is 9.79 Å². The van der Waals surface area contributed by atoms with Crippen LogP contribution in [0.1, 0.15) is 56.3 Å². The van der Waals surface area contributed by atoms with Gasteiger partial charge in [-0.2, -0.15) is 0 Å². The predicted molar refractivity (Wildman–Crippen MR) is 166 cm³/mol. The standard InChI is InChI=1S/C32H32BrN3O4S/c1-7-39-31(38)28-20(5)34-32-36(29(28)25-10-8-9-11-26(25)40-18(2)3)30(37)27(41-32)17-22-16-19(4)35(21(22)6)24-14-12-23(33)13-15-24/h8-18,29H,7H2,1-6H3/b27-17-/t29-/m0/s1. The summed E-state index contributed by atoms with van der Waals surface area (Å²) in [6.07, 6.45) is 1.82. The number of para-hydroxylation sites is 1. The number of thiazole rings is 1. The van der Waals surface area contributed by atoms with Gasteiger partial charge in [0.15, 0.2) is 4.80 Å². The van der Waals surface area contributed by atoms with Crippen molar-refractivity contribution in [3.8, 4) is 11.4 Å². The smallest absolute Gasteiger partial charge is 0.338 e. The van der Waals surface area contributed by atoms with Gasteiger partial charge in [-0.15, -0.1) is 0 Å². The number of aromatic nitrogens is 2. The average molecular weight is 635 g/mol. The van der Waals surface area contributed by atoms with Crippen molar-refractivity contribution < 1.29 is 14.3 Å². The Morgan fingerprint density at radius 3 is 2.51 bits per heavy atom. The number of carbonyl (C=O) groups excluding carboxylic acids is 1. The third kappa shape index (κ3) is 5.48. The summed E-state index contributed by atoms with van der Waals surface area (Å²) in [5.74, 6) is 0.113. The number of fused-ring (bicyclic) bond motifs is 1. The van der Waals surface area contributed by atoms with Gasteiger partial charge in [-0.05, 0) is 89.6 Å². The summed E-state index contributed by atoms with van der Waals surface area (Å²) in [5.41, 5.74) is 5.40. The van der Waals surface area contributed by atoms with Crippen LogP contribution >= 0.6 is 27.3 Å². The van der Waals surface area contributed by atoms with Crippen LogP contribution in [0.2, 0.25) is 0 Å². The molecule has 0 unspecified atom stereocenters. The number of aryl methyl sites for hydroxylation is 1. The molecule has 0 N–H and O–H groups in total. The normalized spacial score (nSPS) is 15.2. The molecule has 0 fully saturated rings. The first-order valence-electron chi connectivity index (χ1n) is 13.5. The Bertz CT molecular complexity index is 1840. The summed E-state index contributed by atoms with van der Waals surface area (Å²) in [6.45, 7) is 11.7. The van der Waals surface area contributed by atoms with Gasteiger partial charge in [-0.1, -0.05) is 45.5 Å². The van der Waals surface area contributed by atoms with Gasteiger partial charge in [0.1, 0.15) is 11.8 Å². The molecule has 1 aliphatic rings. The Hall–Kier alpha value is -3.69. The van der Waals surface area contributed by atoms with Crippen LogP contribution in [0.15, 0.2) is 80.1 Å². The highest BCUT2D eigenvalue weighted by molar-refractivity contribution is 9.10. The molecule has 9 heteroatoms. The van der Waals surface area contributed by atoms with E-state index < -0.39 is 12.0 Å². The number of nitrogens with zero attached hydrogens (tertiary/aromatic N) is 3. The van der Waals surface area contributed by atoms with Crippen molar-refractivity contribution in [1.82, 2.24) is 9.13 Å². The van der Waals surface area contributed by atoms with E-state index in [1.165, 1.54) is 11.3 Å². The van der Waals surface area contributed by atoms with Gasteiger partial charge in [0, 0.05) is 27.1 Å². The molecule has 0 amide bonds. The second kappa shape index (κ2) is 11.7. The predicted octanol–water partition coefficient (Wildman–Crippen LogP) is 5.76. The number of esters is 1. The molecule has 0 saturated heterocycles. The monoisotopic (exact) mass is 633 g/mol.